The lowest BCUT2D eigenvalue weighted by Gasteiger charge is -2.08. The van der Waals surface area contributed by atoms with Gasteiger partial charge >= 0.3 is 5.97 Å². The molecule has 1 aromatic rings. The number of nitrogens with zero attached hydrogens (tertiary/aromatic N) is 1. The largest absolute Gasteiger partial charge is 0.480 e. The molecule has 0 fully saturated rings. The van der Waals surface area contributed by atoms with Crippen LogP contribution in [0.5, 0.6) is 0 Å². The number of aromatic nitrogens is 1. The number of hydrogen-bond acceptors (Lipinski definition) is 3. The molecule has 0 saturated carbocycles. The first kappa shape index (κ1) is 9.95. The Balaban J connectivity index is 3.08. The van der Waals surface area contributed by atoms with E-state index in [1.54, 1.807) is 19.1 Å². The molecule has 5 heteroatoms. The van der Waals surface area contributed by atoms with Gasteiger partial charge in [-0.15, -0.1) is 0 Å². The van der Waals surface area contributed by atoms with E-state index >= 15 is 0 Å². The number of aryl methyl sites for hydroxylation is 1. The van der Waals surface area contributed by atoms with Gasteiger partial charge < -0.3 is 10.8 Å². The van der Waals surface area contributed by atoms with E-state index in [9.17, 15) is 4.79 Å². The van der Waals surface area contributed by atoms with Crippen LogP contribution < -0.4 is 5.73 Å². The van der Waals surface area contributed by atoms with Crippen LogP contribution in [0.1, 0.15) is 17.3 Å². The molecule has 0 aliphatic rings. The fraction of sp³-hybridized carbons (Fsp3) is 0.250. The molecule has 70 valence electrons. The molecule has 0 bridgehead atoms. The van der Waals surface area contributed by atoms with Crippen molar-refractivity contribution < 1.29 is 9.90 Å². The van der Waals surface area contributed by atoms with Gasteiger partial charge in [-0.3, -0.25) is 4.79 Å². The number of pyridine rings is 1. The third kappa shape index (κ3) is 2.17. The maximum absolute atomic E-state index is 10.5. The van der Waals surface area contributed by atoms with Crippen LogP contribution in [-0.2, 0) is 4.79 Å². The second-order valence-corrected chi connectivity index (χ2v) is 3.01. The molecule has 4 nitrogen and oxygen atoms in total. The molecule has 0 unspecified atom stereocenters. The Kier molecular flexibility index (Phi) is 2.85. The molecule has 1 atom stereocenters. The van der Waals surface area contributed by atoms with Gasteiger partial charge in [0.25, 0.3) is 0 Å². The van der Waals surface area contributed by atoms with Crippen LogP contribution in [0.3, 0.4) is 0 Å². The predicted molar refractivity (Wildman–Crippen MR) is 48.5 cm³/mol. The number of aliphatic carboxylic acids is 1. The number of nitrogens with two attached hydrogens (primary N) is 1. The number of carboxylic acids is 1. The minimum atomic E-state index is -1.12. The predicted octanol–water partition coefficient (Wildman–Crippen LogP) is 1.13. The summed E-state index contributed by atoms with van der Waals surface area (Å²) in [6.07, 6.45) is 0. The number of rotatable bonds is 2. The Hall–Kier alpha value is -1.13. The summed E-state index contributed by atoms with van der Waals surface area (Å²) in [5.74, 6) is -1.12. The molecule has 0 aromatic carbocycles. The third-order valence-electron chi connectivity index (χ3n) is 1.62. The normalized spacial score (nSPS) is 12.5. The molecule has 1 aromatic heterocycles. The maximum Gasteiger partial charge on any atom is 0.325 e. The minimum Gasteiger partial charge on any atom is -0.480 e. The summed E-state index contributed by atoms with van der Waals surface area (Å²) in [5, 5.41) is 8.77. The van der Waals surface area contributed by atoms with Crippen LogP contribution in [0.2, 0.25) is 5.15 Å². The van der Waals surface area contributed by atoms with Crippen molar-refractivity contribution in [3.63, 3.8) is 0 Å². The first-order valence-corrected chi connectivity index (χ1v) is 4.01. The average molecular weight is 201 g/mol. The van der Waals surface area contributed by atoms with Crippen LogP contribution >= 0.6 is 11.6 Å². The van der Waals surface area contributed by atoms with Crippen LogP contribution in [0.15, 0.2) is 12.1 Å². The van der Waals surface area contributed by atoms with Gasteiger partial charge in [-0.05, 0) is 13.0 Å². The summed E-state index contributed by atoms with van der Waals surface area (Å²) in [7, 11) is 0. The number of carbonyl (C=O) groups is 1. The molecule has 0 aliphatic heterocycles. The van der Waals surface area contributed by atoms with E-state index in [-0.39, 0.29) is 5.15 Å². The summed E-state index contributed by atoms with van der Waals surface area (Å²) in [6.45, 7) is 1.77. The van der Waals surface area contributed by atoms with Crippen molar-refractivity contribution in [2.75, 3.05) is 0 Å². The fourth-order valence-corrected chi connectivity index (χ4v) is 1.21. The highest BCUT2D eigenvalue weighted by atomic mass is 35.5. The standard InChI is InChI=1S/C8H9ClN2O2/c1-4-2-3-5(7(9)11-4)6(10)8(12)13/h2-3,6H,10H2,1H3,(H,12,13)/t6-/m0/s1. The van der Waals surface area contributed by atoms with Gasteiger partial charge in [0.15, 0.2) is 0 Å². The van der Waals surface area contributed by atoms with E-state index in [4.69, 9.17) is 22.4 Å². The molecule has 1 rings (SSSR count). The monoisotopic (exact) mass is 200 g/mol. The molecule has 3 N–H and O–H groups in total. The van der Waals surface area contributed by atoms with E-state index in [2.05, 4.69) is 4.98 Å². The van der Waals surface area contributed by atoms with Gasteiger partial charge in [-0.25, -0.2) is 4.98 Å². The number of carboxylic acid groups (broad SMARTS) is 1. The molecule has 0 amide bonds. The lowest BCUT2D eigenvalue weighted by Crippen LogP contribution is -2.21. The number of hydrogen-bond donors (Lipinski definition) is 2. The zero-order chi connectivity index (χ0) is 10.0. The van der Waals surface area contributed by atoms with Crippen LogP contribution in [0.4, 0.5) is 0 Å². The molecule has 1 heterocycles. The lowest BCUT2D eigenvalue weighted by atomic mass is 10.1. The second kappa shape index (κ2) is 3.72. The van der Waals surface area contributed by atoms with Crippen molar-refractivity contribution in [2.45, 2.75) is 13.0 Å². The lowest BCUT2D eigenvalue weighted by molar-refractivity contribution is -0.138. The molecule has 13 heavy (non-hydrogen) atoms. The fourth-order valence-electron chi connectivity index (χ4n) is 0.901. The quantitative estimate of drug-likeness (QED) is 0.702. The second-order valence-electron chi connectivity index (χ2n) is 2.65. The number of halogens is 1. The summed E-state index contributed by atoms with van der Waals surface area (Å²) >= 11 is 5.71. The Labute approximate surface area is 80.3 Å². The van der Waals surface area contributed by atoms with Crippen molar-refractivity contribution in [2.24, 2.45) is 5.73 Å². The highest BCUT2D eigenvalue weighted by molar-refractivity contribution is 6.30. The zero-order valence-corrected chi connectivity index (χ0v) is 7.75. The maximum atomic E-state index is 10.5. The van der Waals surface area contributed by atoms with Crippen molar-refractivity contribution in [3.8, 4) is 0 Å². The first-order valence-electron chi connectivity index (χ1n) is 3.64. The molecular formula is C8H9ClN2O2. The van der Waals surface area contributed by atoms with E-state index in [1.165, 1.54) is 0 Å². The summed E-state index contributed by atoms with van der Waals surface area (Å²) in [4.78, 5) is 14.4. The van der Waals surface area contributed by atoms with Gasteiger partial charge in [-0.1, -0.05) is 17.7 Å². The van der Waals surface area contributed by atoms with Gasteiger partial charge in [0.1, 0.15) is 11.2 Å². The average Bonchev–Trinajstić information content (AvgIpc) is 2.03. The zero-order valence-electron chi connectivity index (χ0n) is 6.99. The Morgan fingerprint density at radius 1 is 1.69 bits per heavy atom. The van der Waals surface area contributed by atoms with Crippen molar-refractivity contribution in [1.82, 2.24) is 4.98 Å². The van der Waals surface area contributed by atoms with Crippen molar-refractivity contribution in [1.29, 1.82) is 0 Å². The van der Waals surface area contributed by atoms with Gasteiger partial charge in [-0.2, -0.15) is 0 Å². The van der Waals surface area contributed by atoms with E-state index in [0.717, 1.165) is 5.69 Å². The topological polar surface area (TPSA) is 76.2 Å². The highest BCUT2D eigenvalue weighted by Gasteiger charge is 2.17. The Morgan fingerprint density at radius 2 is 2.31 bits per heavy atom. The molecule has 0 saturated heterocycles. The van der Waals surface area contributed by atoms with Gasteiger partial charge in [0, 0.05) is 11.3 Å². The molecule has 0 spiro atoms. The van der Waals surface area contributed by atoms with E-state index in [0.29, 0.717) is 5.56 Å². The van der Waals surface area contributed by atoms with Crippen molar-refractivity contribution >= 4 is 17.6 Å². The Morgan fingerprint density at radius 3 is 2.77 bits per heavy atom. The van der Waals surface area contributed by atoms with Crippen molar-refractivity contribution in [3.05, 3.63) is 28.5 Å². The smallest absolute Gasteiger partial charge is 0.325 e. The van der Waals surface area contributed by atoms with E-state index in [1.807, 2.05) is 0 Å². The van der Waals surface area contributed by atoms with Gasteiger partial charge in [0.2, 0.25) is 0 Å². The first-order chi connectivity index (χ1) is 6.02. The molecular weight excluding hydrogens is 192 g/mol. The third-order valence-corrected chi connectivity index (χ3v) is 1.92. The van der Waals surface area contributed by atoms with E-state index < -0.39 is 12.0 Å². The minimum absolute atomic E-state index is 0.148. The summed E-state index contributed by atoms with van der Waals surface area (Å²) < 4.78 is 0. The van der Waals surface area contributed by atoms with Gasteiger partial charge in [0.05, 0.1) is 0 Å². The summed E-state index contributed by atoms with van der Waals surface area (Å²) in [5.41, 5.74) is 6.43. The van der Waals surface area contributed by atoms with Crippen LogP contribution in [0.25, 0.3) is 0 Å². The molecule has 0 radical (unpaired) electrons. The SMILES string of the molecule is Cc1ccc([C@H](N)C(=O)O)c(Cl)n1. The summed E-state index contributed by atoms with van der Waals surface area (Å²) in [6, 6.07) is 2.13. The highest BCUT2D eigenvalue weighted by Crippen LogP contribution is 2.19. The Bertz CT molecular complexity index is 341. The molecule has 0 aliphatic carbocycles. The van der Waals surface area contributed by atoms with Crippen LogP contribution in [0, 0.1) is 6.92 Å². The van der Waals surface area contributed by atoms with Crippen LogP contribution in [-0.4, -0.2) is 16.1 Å².